The summed E-state index contributed by atoms with van der Waals surface area (Å²) < 4.78 is 68.9. The summed E-state index contributed by atoms with van der Waals surface area (Å²) in [6.07, 6.45) is -2.41. The van der Waals surface area contributed by atoms with Gasteiger partial charge in [0, 0.05) is 24.7 Å². The highest BCUT2D eigenvalue weighted by atomic mass is 32.2. The van der Waals surface area contributed by atoms with E-state index in [0.717, 1.165) is 46.7 Å². The number of hydrogen-bond acceptors (Lipinski definition) is 3. The predicted molar refractivity (Wildman–Crippen MR) is 109 cm³/mol. The van der Waals surface area contributed by atoms with Crippen molar-refractivity contribution >= 4 is 10.0 Å². The van der Waals surface area contributed by atoms with E-state index in [9.17, 15) is 21.6 Å². The maximum absolute atomic E-state index is 13.0. The van der Waals surface area contributed by atoms with Gasteiger partial charge in [-0.05, 0) is 87.8 Å². The molecule has 0 atom stereocenters. The molecule has 2 aromatic rings. The molecule has 1 fully saturated rings. The maximum Gasteiger partial charge on any atom is 0.435 e. The molecule has 0 spiro atoms. The van der Waals surface area contributed by atoms with Crippen molar-refractivity contribution in [3.63, 3.8) is 0 Å². The summed E-state index contributed by atoms with van der Waals surface area (Å²) in [4.78, 5) is 0.292. The number of sulfonamides is 1. The van der Waals surface area contributed by atoms with Gasteiger partial charge < -0.3 is 0 Å². The lowest BCUT2D eigenvalue weighted by Crippen LogP contribution is -2.28. The molecule has 30 heavy (non-hydrogen) atoms. The molecule has 0 saturated heterocycles. The fourth-order valence-electron chi connectivity index (χ4n) is 3.83. The Hall–Kier alpha value is -1.87. The molecule has 1 aromatic carbocycles. The molecule has 3 rings (SSSR count). The van der Waals surface area contributed by atoms with Crippen LogP contribution in [0, 0.1) is 34.6 Å². The topological polar surface area (TPSA) is 64.0 Å². The molecule has 166 valence electrons. The summed E-state index contributed by atoms with van der Waals surface area (Å²) in [7, 11) is -3.73. The number of aryl methyl sites for hydroxylation is 1. The molecule has 1 saturated carbocycles. The van der Waals surface area contributed by atoms with Gasteiger partial charge >= 0.3 is 6.18 Å². The van der Waals surface area contributed by atoms with Crippen LogP contribution in [-0.4, -0.2) is 24.7 Å². The van der Waals surface area contributed by atoms with E-state index in [0.29, 0.717) is 17.0 Å². The van der Waals surface area contributed by atoms with Crippen molar-refractivity contribution in [1.29, 1.82) is 0 Å². The number of nitrogens with zero attached hydrogens (tertiary/aromatic N) is 2. The molecule has 0 radical (unpaired) electrons. The molecule has 1 aliphatic carbocycles. The first-order valence-corrected chi connectivity index (χ1v) is 11.5. The third-order valence-electron chi connectivity index (χ3n) is 6.14. The van der Waals surface area contributed by atoms with Gasteiger partial charge in [-0.3, -0.25) is 4.68 Å². The molecular formula is C21H28F3N3O2S. The average Bonchev–Trinajstić information content (AvgIpc) is 3.40. The van der Waals surface area contributed by atoms with Crippen LogP contribution in [0.3, 0.4) is 0 Å². The summed E-state index contributed by atoms with van der Waals surface area (Å²) in [5.74, 6) is 0.120. The van der Waals surface area contributed by atoms with Gasteiger partial charge in [0.15, 0.2) is 5.69 Å². The predicted octanol–water partition coefficient (Wildman–Crippen LogP) is 4.69. The highest BCUT2D eigenvalue weighted by Gasteiger charge is 2.37. The molecule has 0 amide bonds. The molecule has 0 unspecified atom stereocenters. The van der Waals surface area contributed by atoms with Crippen molar-refractivity contribution in [1.82, 2.24) is 14.5 Å². The van der Waals surface area contributed by atoms with E-state index in [1.54, 1.807) is 13.8 Å². The minimum absolute atomic E-state index is 0.120. The van der Waals surface area contributed by atoms with Crippen molar-refractivity contribution in [3.8, 4) is 0 Å². The van der Waals surface area contributed by atoms with Crippen molar-refractivity contribution in [2.45, 2.75) is 77.4 Å². The fourth-order valence-corrected chi connectivity index (χ4v) is 5.50. The minimum atomic E-state index is -4.48. The normalized spacial score (nSPS) is 15.1. The third kappa shape index (κ3) is 4.42. The van der Waals surface area contributed by atoms with Gasteiger partial charge in [-0.2, -0.15) is 18.3 Å². The number of rotatable bonds is 7. The monoisotopic (exact) mass is 443 g/mol. The smallest absolute Gasteiger partial charge is 0.269 e. The van der Waals surface area contributed by atoms with Gasteiger partial charge in [0.25, 0.3) is 0 Å². The Balaban J connectivity index is 1.72. The SMILES string of the molecule is Cc1c(C)c(C)c(S(=O)(=O)NCCCn2nc(C(F)(F)F)cc2C2CC2)c(C)c1C. The van der Waals surface area contributed by atoms with Crippen molar-refractivity contribution in [3.05, 3.63) is 45.3 Å². The Morgan fingerprint density at radius 1 is 1.03 bits per heavy atom. The van der Waals surface area contributed by atoms with Crippen molar-refractivity contribution in [2.75, 3.05) is 6.54 Å². The molecular weight excluding hydrogens is 415 g/mol. The zero-order chi connectivity index (χ0) is 22.4. The van der Waals surface area contributed by atoms with Crippen LogP contribution in [0.25, 0.3) is 0 Å². The second-order valence-electron chi connectivity index (χ2n) is 8.16. The van der Waals surface area contributed by atoms with E-state index in [-0.39, 0.29) is 19.0 Å². The van der Waals surface area contributed by atoms with E-state index in [2.05, 4.69) is 9.82 Å². The van der Waals surface area contributed by atoms with Crippen molar-refractivity contribution in [2.24, 2.45) is 0 Å². The second kappa shape index (κ2) is 8.00. The van der Waals surface area contributed by atoms with Crippen LogP contribution in [0.4, 0.5) is 13.2 Å². The largest absolute Gasteiger partial charge is 0.435 e. The highest BCUT2D eigenvalue weighted by Crippen LogP contribution is 2.42. The van der Waals surface area contributed by atoms with E-state index in [1.165, 1.54) is 4.68 Å². The Labute approximate surface area is 175 Å². The van der Waals surface area contributed by atoms with Gasteiger partial charge in [-0.25, -0.2) is 13.1 Å². The molecule has 1 aromatic heterocycles. The van der Waals surface area contributed by atoms with Crippen LogP contribution >= 0.6 is 0 Å². The first-order valence-electron chi connectivity index (χ1n) is 10.1. The molecule has 1 N–H and O–H groups in total. The maximum atomic E-state index is 13.0. The van der Waals surface area contributed by atoms with Crippen LogP contribution < -0.4 is 4.72 Å². The first-order chi connectivity index (χ1) is 13.8. The van der Waals surface area contributed by atoms with Crippen LogP contribution in [0.15, 0.2) is 11.0 Å². The summed E-state index contributed by atoms with van der Waals surface area (Å²) in [6, 6.07) is 1.12. The number of alkyl halides is 3. The zero-order valence-electron chi connectivity index (χ0n) is 17.9. The number of nitrogens with one attached hydrogen (secondary N) is 1. The van der Waals surface area contributed by atoms with Crippen LogP contribution in [0.5, 0.6) is 0 Å². The lowest BCUT2D eigenvalue weighted by Gasteiger charge is -2.19. The summed E-state index contributed by atoms with van der Waals surface area (Å²) in [6.45, 7) is 9.75. The lowest BCUT2D eigenvalue weighted by atomic mass is 9.95. The van der Waals surface area contributed by atoms with Gasteiger partial charge in [0.1, 0.15) is 0 Å². The van der Waals surface area contributed by atoms with E-state index in [4.69, 9.17) is 0 Å². The zero-order valence-corrected chi connectivity index (χ0v) is 18.8. The Morgan fingerprint density at radius 3 is 2.07 bits per heavy atom. The molecule has 5 nitrogen and oxygen atoms in total. The average molecular weight is 444 g/mol. The van der Waals surface area contributed by atoms with Crippen LogP contribution in [-0.2, 0) is 22.7 Å². The van der Waals surface area contributed by atoms with E-state index >= 15 is 0 Å². The van der Waals surface area contributed by atoms with Gasteiger partial charge in [0.2, 0.25) is 10.0 Å². The number of halogens is 3. The molecule has 0 bridgehead atoms. The minimum Gasteiger partial charge on any atom is -0.269 e. The fraction of sp³-hybridized carbons (Fsp3) is 0.571. The van der Waals surface area contributed by atoms with Crippen molar-refractivity contribution < 1.29 is 21.6 Å². The van der Waals surface area contributed by atoms with Gasteiger partial charge in [-0.15, -0.1) is 0 Å². The number of aromatic nitrogens is 2. The van der Waals surface area contributed by atoms with Gasteiger partial charge in [-0.1, -0.05) is 0 Å². The molecule has 9 heteroatoms. The molecule has 1 heterocycles. The van der Waals surface area contributed by atoms with E-state index < -0.39 is 21.9 Å². The molecule has 1 aliphatic rings. The van der Waals surface area contributed by atoms with Gasteiger partial charge in [0.05, 0.1) is 4.90 Å². The standard InChI is InChI=1S/C21H28F3N3O2S/c1-12-13(2)15(4)20(16(5)14(12)3)30(28,29)25-9-6-10-27-18(17-7-8-17)11-19(26-27)21(22,23)24/h11,17,25H,6-10H2,1-5H3. The Kier molecular flexibility index (Phi) is 6.08. The third-order valence-corrected chi connectivity index (χ3v) is 7.87. The molecule has 0 aliphatic heterocycles. The Morgan fingerprint density at radius 2 is 1.57 bits per heavy atom. The summed E-state index contributed by atoms with van der Waals surface area (Å²) >= 11 is 0. The second-order valence-corrected chi connectivity index (χ2v) is 9.86. The quantitative estimate of drug-likeness (QED) is 0.632. The summed E-state index contributed by atoms with van der Waals surface area (Å²) in [5, 5.41) is 3.71. The number of hydrogen-bond donors (Lipinski definition) is 1. The highest BCUT2D eigenvalue weighted by molar-refractivity contribution is 7.89. The van der Waals surface area contributed by atoms with Crippen LogP contribution in [0.1, 0.15) is 64.4 Å². The number of benzene rings is 1. The first kappa shape index (κ1) is 22.8. The lowest BCUT2D eigenvalue weighted by molar-refractivity contribution is -0.141. The van der Waals surface area contributed by atoms with E-state index in [1.807, 2.05) is 20.8 Å². The summed E-state index contributed by atoms with van der Waals surface area (Å²) in [5.41, 5.74) is 4.12. The van der Waals surface area contributed by atoms with Crippen LogP contribution in [0.2, 0.25) is 0 Å². The Bertz CT molecular complexity index is 1040.